The number of hydrogen-bond donors (Lipinski definition) is 2. The zero-order valence-corrected chi connectivity index (χ0v) is 19.4. The highest BCUT2D eigenvalue weighted by Gasteiger charge is 2.28. The van der Waals surface area contributed by atoms with Gasteiger partial charge in [0.15, 0.2) is 0 Å². The smallest absolute Gasteiger partial charge is 0.322 e. The second-order valence-electron chi connectivity index (χ2n) is 7.94. The Hall–Kier alpha value is -3.58. The molecule has 2 aromatic heterocycles. The van der Waals surface area contributed by atoms with E-state index < -0.39 is 6.04 Å². The minimum atomic E-state index is -0.504. The summed E-state index contributed by atoms with van der Waals surface area (Å²) < 4.78 is 5.52. The lowest BCUT2D eigenvalue weighted by molar-refractivity contribution is 0.171. The van der Waals surface area contributed by atoms with E-state index >= 15 is 0 Å². The summed E-state index contributed by atoms with van der Waals surface area (Å²) in [5, 5.41) is 3.97. The van der Waals surface area contributed by atoms with Crippen molar-refractivity contribution in [3.63, 3.8) is 0 Å². The van der Waals surface area contributed by atoms with Gasteiger partial charge in [-0.15, -0.1) is 0 Å². The fourth-order valence-corrected chi connectivity index (χ4v) is 4.10. The summed E-state index contributed by atoms with van der Waals surface area (Å²) in [5.41, 5.74) is 2.88. The number of H-pyrrole nitrogens is 1. The van der Waals surface area contributed by atoms with Gasteiger partial charge in [-0.05, 0) is 61.7 Å². The number of anilines is 1. The number of furan rings is 1. The molecule has 0 aliphatic carbocycles. The molecule has 1 atom stereocenters. The zero-order valence-electron chi connectivity index (χ0n) is 18.7. The first-order valence-electron chi connectivity index (χ1n) is 10.7. The molecule has 0 aliphatic rings. The largest absolute Gasteiger partial charge is 0.467 e. The summed E-state index contributed by atoms with van der Waals surface area (Å²) in [7, 11) is 0. The molecular formula is C25H25ClN4O3. The number of amides is 2. The van der Waals surface area contributed by atoms with Crippen LogP contribution < -0.4 is 10.9 Å². The van der Waals surface area contributed by atoms with Crippen molar-refractivity contribution in [2.45, 2.75) is 39.8 Å². The number of benzene rings is 2. The molecule has 2 heterocycles. The molecule has 0 fully saturated rings. The van der Waals surface area contributed by atoms with E-state index in [9.17, 15) is 9.59 Å². The molecule has 0 bridgehead atoms. The Morgan fingerprint density at radius 2 is 1.94 bits per heavy atom. The van der Waals surface area contributed by atoms with E-state index in [1.165, 1.54) is 0 Å². The van der Waals surface area contributed by atoms with Crippen molar-refractivity contribution in [3.05, 3.63) is 92.9 Å². The maximum atomic E-state index is 13.6. The molecule has 2 amide bonds. The molecule has 0 saturated carbocycles. The summed E-state index contributed by atoms with van der Waals surface area (Å²) in [6, 6.07) is 13.5. The number of nitrogens with one attached hydrogen (secondary N) is 2. The van der Waals surface area contributed by atoms with Gasteiger partial charge in [0.05, 0.1) is 29.8 Å². The Balaban J connectivity index is 1.76. The maximum Gasteiger partial charge on any atom is 0.322 e. The lowest BCUT2D eigenvalue weighted by atomic mass is 10.1. The number of para-hydroxylation sites is 1. The lowest BCUT2D eigenvalue weighted by Gasteiger charge is -2.30. The summed E-state index contributed by atoms with van der Waals surface area (Å²) >= 11 is 6.13. The molecule has 1 unspecified atom stereocenters. The van der Waals surface area contributed by atoms with Crippen LogP contribution in [0.5, 0.6) is 0 Å². The minimum Gasteiger partial charge on any atom is -0.467 e. The molecule has 4 rings (SSSR count). The van der Waals surface area contributed by atoms with Gasteiger partial charge < -0.3 is 19.6 Å². The Morgan fingerprint density at radius 1 is 1.18 bits per heavy atom. The highest BCUT2D eigenvalue weighted by molar-refractivity contribution is 6.31. The molecule has 170 valence electrons. The Morgan fingerprint density at radius 3 is 2.61 bits per heavy atom. The molecule has 2 N–H and O–H groups in total. The topological polar surface area (TPSA) is 91.2 Å². The fraction of sp³-hybridized carbons (Fsp3) is 0.240. The molecule has 8 heteroatoms. The number of aromatic nitrogens is 2. The third-order valence-electron chi connectivity index (χ3n) is 5.65. The number of aryl methyl sites for hydroxylation is 2. The number of fused-ring (bicyclic) bond motifs is 1. The molecule has 7 nitrogen and oxygen atoms in total. The van der Waals surface area contributed by atoms with E-state index in [0.717, 1.165) is 16.8 Å². The van der Waals surface area contributed by atoms with Crippen molar-refractivity contribution in [1.29, 1.82) is 0 Å². The van der Waals surface area contributed by atoms with Crippen LogP contribution in [-0.4, -0.2) is 20.9 Å². The zero-order chi connectivity index (χ0) is 23.5. The summed E-state index contributed by atoms with van der Waals surface area (Å²) in [6.07, 6.45) is 2.09. The number of nitrogens with zero attached hydrogens (tertiary/aromatic N) is 2. The van der Waals surface area contributed by atoms with Crippen LogP contribution in [-0.2, 0) is 6.54 Å². The molecule has 0 spiro atoms. The molecule has 0 saturated heterocycles. The number of carbonyl (C=O) groups is 1. The van der Waals surface area contributed by atoms with Crippen LogP contribution in [0, 0.1) is 13.8 Å². The van der Waals surface area contributed by atoms with Gasteiger partial charge >= 0.3 is 6.03 Å². The van der Waals surface area contributed by atoms with Crippen LogP contribution in [0.15, 0.2) is 64.0 Å². The maximum absolute atomic E-state index is 13.6. The molecule has 0 aliphatic heterocycles. The van der Waals surface area contributed by atoms with Crippen molar-refractivity contribution in [1.82, 2.24) is 14.9 Å². The Kier molecular flexibility index (Phi) is 6.51. The van der Waals surface area contributed by atoms with Crippen molar-refractivity contribution in [2.75, 3.05) is 5.32 Å². The van der Waals surface area contributed by atoms with Gasteiger partial charge in [-0.25, -0.2) is 9.78 Å². The first-order valence-corrected chi connectivity index (χ1v) is 11.1. The number of rotatable bonds is 6. The summed E-state index contributed by atoms with van der Waals surface area (Å²) in [6.45, 7) is 6.04. The lowest BCUT2D eigenvalue weighted by Crippen LogP contribution is -2.39. The van der Waals surface area contributed by atoms with Crippen molar-refractivity contribution >= 4 is 34.2 Å². The Labute approximate surface area is 196 Å². The van der Waals surface area contributed by atoms with E-state index in [0.29, 0.717) is 33.9 Å². The van der Waals surface area contributed by atoms with Crippen molar-refractivity contribution in [3.8, 4) is 0 Å². The van der Waals surface area contributed by atoms with Crippen molar-refractivity contribution in [2.24, 2.45) is 0 Å². The van der Waals surface area contributed by atoms with Crippen LogP contribution in [0.3, 0.4) is 0 Å². The fourth-order valence-electron chi connectivity index (χ4n) is 3.93. The molecule has 2 aromatic carbocycles. The van der Waals surface area contributed by atoms with Crippen LogP contribution in [0.1, 0.15) is 42.1 Å². The van der Waals surface area contributed by atoms with Gasteiger partial charge in [-0.2, -0.15) is 0 Å². The number of carbonyl (C=O) groups excluding carboxylic acids is 1. The van der Waals surface area contributed by atoms with E-state index in [2.05, 4.69) is 15.3 Å². The molecule has 0 radical (unpaired) electrons. The highest BCUT2D eigenvalue weighted by Crippen LogP contribution is 2.27. The Bertz CT molecular complexity index is 1330. The second-order valence-corrected chi connectivity index (χ2v) is 8.38. The monoisotopic (exact) mass is 464 g/mol. The number of hydrogen-bond acceptors (Lipinski definition) is 4. The van der Waals surface area contributed by atoms with Gasteiger partial charge in [0.2, 0.25) is 0 Å². The SMILES string of the molecule is CCC(c1nc2cc(Cl)ccc2c(=O)[nH]1)N(Cc1ccco1)C(=O)Nc1c(C)cccc1C. The van der Waals surface area contributed by atoms with Gasteiger partial charge in [-0.1, -0.05) is 36.7 Å². The third kappa shape index (κ3) is 4.78. The highest BCUT2D eigenvalue weighted by atomic mass is 35.5. The quantitative estimate of drug-likeness (QED) is 0.367. The average molecular weight is 465 g/mol. The van der Waals surface area contributed by atoms with Gasteiger partial charge in [0.25, 0.3) is 5.56 Å². The first kappa shape index (κ1) is 22.6. The van der Waals surface area contributed by atoms with Crippen LogP contribution in [0.4, 0.5) is 10.5 Å². The van der Waals surface area contributed by atoms with E-state index in [4.69, 9.17) is 16.0 Å². The number of aromatic amines is 1. The molecule has 33 heavy (non-hydrogen) atoms. The van der Waals surface area contributed by atoms with Gasteiger partial charge in [-0.3, -0.25) is 4.79 Å². The van der Waals surface area contributed by atoms with E-state index in [-0.39, 0.29) is 18.1 Å². The average Bonchev–Trinajstić information content (AvgIpc) is 3.29. The summed E-state index contributed by atoms with van der Waals surface area (Å²) in [4.78, 5) is 35.4. The molecular weight excluding hydrogens is 440 g/mol. The predicted octanol–water partition coefficient (Wildman–Crippen LogP) is 5.97. The normalized spacial score (nSPS) is 12.0. The van der Waals surface area contributed by atoms with Gasteiger partial charge in [0, 0.05) is 10.7 Å². The van der Waals surface area contributed by atoms with Crippen molar-refractivity contribution < 1.29 is 9.21 Å². The third-order valence-corrected chi connectivity index (χ3v) is 5.88. The predicted molar refractivity (Wildman–Crippen MR) is 130 cm³/mol. The number of urea groups is 1. The standard InChI is InChI=1S/C25H25ClN4O3/c1-4-21(23-27-20-13-17(26)10-11-19(20)24(31)29-23)30(14-18-9-6-12-33-18)25(32)28-22-15(2)7-5-8-16(22)3/h5-13,21H,4,14H2,1-3H3,(H,28,32)(H,27,29,31). The first-order chi connectivity index (χ1) is 15.9. The van der Waals surface area contributed by atoms with E-state index in [1.807, 2.05) is 45.0 Å². The minimum absolute atomic E-state index is 0.208. The molecule has 4 aromatic rings. The summed E-state index contributed by atoms with van der Waals surface area (Å²) in [5.74, 6) is 1.01. The van der Waals surface area contributed by atoms with Crippen LogP contribution >= 0.6 is 11.6 Å². The van der Waals surface area contributed by atoms with Crippen LogP contribution in [0.25, 0.3) is 10.9 Å². The van der Waals surface area contributed by atoms with Crippen LogP contribution in [0.2, 0.25) is 5.02 Å². The second kappa shape index (κ2) is 9.50. The van der Waals surface area contributed by atoms with E-state index in [1.54, 1.807) is 35.4 Å². The van der Waals surface area contributed by atoms with Gasteiger partial charge in [0.1, 0.15) is 11.6 Å². The number of halogens is 1.